The van der Waals surface area contributed by atoms with Gasteiger partial charge in [-0.05, 0) is 13.0 Å². The van der Waals surface area contributed by atoms with Crippen LogP contribution in [0.4, 0.5) is 5.69 Å². The Morgan fingerprint density at radius 3 is 2.67 bits per heavy atom. The molecule has 1 aromatic rings. The van der Waals surface area contributed by atoms with E-state index >= 15 is 0 Å². The van der Waals surface area contributed by atoms with Gasteiger partial charge in [-0.3, -0.25) is 14.3 Å². The molecule has 0 radical (unpaired) electrons. The minimum Gasteiger partial charge on any atom is -0.340 e. The van der Waals surface area contributed by atoms with Crippen molar-refractivity contribution in [3.63, 3.8) is 0 Å². The van der Waals surface area contributed by atoms with Crippen LogP contribution in [0.3, 0.4) is 0 Å². The summed E-state index contributed by atoms with van der Waals surface area (Å²) in [5.74, 6) is 0.410. The Morgan fingerprint density at radius 1 is 1.29 bits per heavy atom. The van der Waals surface area contributed by atoms with Crippen LogP contribution in [0.25, 0.3) is 0 Å². The molecule has 0 N–H and O–H groups in total. The molecular weight excluding hydrogens is 306 g/mol. The normalized spacial score (nSPS) is 22.7. The average molecular weight is 333 g/mol. The molecule has 132 valence electrons. The van der Waals surface area contributed by atoms with E-state index in [1.807, 2.05) is 15.8 Å². The molecule has 0 bridgehead atoms. The van der Waals surface area contributed by atoms with Gasteiger partial charge in [0.2, 0.25) is 11.8 Å². The second-order valence-electron chi connectivity index (χ2n) is 7.35. The highest BCUT2D eigenvalue weighted by Gasteiger charge is 2.38. The van der Waals surface area contributed by atoms with E-state index in [0.29, 0.717) is 18.9 Å². The molecule has 1 unspecified atom stereocenters. The van der Waals surface area contributed by atoms with Crippen LogP contribution in [0, 0.1) is 11.8 Å². The van der Waals surface area contributed by atoms with Crippen molar-refractivity contribution in [2.45, 2.75) is 26.8 Å². The summed E-state index contributed by atoms with van der Waals surface area (Å²) in [4.78, 5) is 30.9. The fourth-order valence-corrected chi connectivity index (χ4v) is 3.37. The van der Waals surface area contributed by atoms with Crippen molar-refractivity contribution in [2.24, 2.45) is 11.8 Å². The van der Waals surface area contributed by atoms with Crippen molar-refractivity contribution in [1.29, 1.82) is 0 Å². The molecule has 24 heavy (non-hydrogen) atoms. The molecule has 2 aliphatic rings. The fourth-order valence-electron chi connectivity index (χ4n) is 3.37. The van der Waals surface area contributed by atoms with Gasteiger partial charge >= 0.3 is 0 Å². The maximum absolute atomic E-state index is 12.7. The van der Waals surface area contributed by atoms with Crippen LogP contribution in [0.15, 0.2) is 12.4 Å². The van der Waals surface area contributed by atoms with Gasteiger partial charge < -0.3 is 14.7 Å². The lowest BCUT2D eigenvalue weighted by molar-refractivity contribution is -0.137. The lowest BCUT2D eigenvalue weighted by atomic mass is 10.1. The molecular formula is C17H27N5O2. The van der Waals surface area contributed by atoms with E-state index in [4.69, 9.17) is 0 Å². The maximum Gasteiger partial charge on any atom is 0.228 e. The van der Waals surface area contributed by atoms with E-state index in [0.717, 1.165) is 38.4 Å². The Hall–Kier alpha value is -1.89. The monoisotopic (exact) mass is 333 g/mol. The summed E-state index contributed by atoms with van der Waals surface area (Å²) in [5.41, 5.74) is 0.800. The van der Waals surface area contributed by atoms with Crippen LogP contribution in [0.2, 0.25) is 0 Å². The molecule has 1 atom stereocenters. The standard InChI is InChI=1S/C17H27N5O2/c1-13(2)10-21-12-15(9-18-21)22-11-14(8-16(22)23)17(24)20-6-4-19(3)5-7-20/h9,12-14H,4-8,10-11H2,1-3H3. The summed E-state index contributed by atoms with van der Waals surface area (Å²) < 4.78 is 1.86. The van der Waals surface area contributed by atoms with E-state index in [1.54, 1.807) is 11.1 Å². The van der Waals surface area contributed by atoms with Crippen molar-refractivity contribution in [3.8, 4) is 0 Å². The third kappa shape index (κ3) is 3.61. The first-order valence-corrected chi connectivity index (χ1v) is 8.74. The van der Waals surface area contributed by atoms with Crippen LogP contribution in [-0.4, -0.2) is 71.2 Å². The van der Waals surface area contributed by atoms with Crippen LogP contribution in [0.5, 0.6) is 0 Å². The average Bonchev–Trinajstić information content (AvgIpc) is 3.13. The lowest BCUT2D eigenvalue weighted by Gasteiger charge is -2.33. The van der Waals surface area contributed by atoms with E-state index < -0.39 is 0 Å². The number of hydrogen-bond donors (Lipinski definition) is 0. The van der Waals surface area contributed by atoms with Crippen molar-refractivity contribution in [3.05, 3.63) is 12.4 Å². The second kappa shape index (κ2) is 6.93. The molecule has 7 heteroatoms. The molecule has 2 fully saturated rings. The largest absolute Gasteiger partial charge is 0.340 e. The number of likely N-dealkylation sites (N-methyl/N-ethyl adjacent to an activating group) is 1. The molecule has 3 heterocycles. The summed E-state index contributed by atoms with van der Waals surface area (Å²) >= 11 is 0. The van der Waals surface area contributed by atoms with Crippen LogP contribution >= 0.6 is 0 Å². The van der Waals surface area contributed by atoms with E-state index in [1.165, 1.54) is 0 Å². The zero-order valence-electron chi connectivity index (χ0n) is 14.8. The van der Waals surface area contributed by atoms with Gasteiger partial charge in [0.25, 0.3) is 0 Å². The summed E-state index contributed by atoms with van der Waals surface area (Å²) in [6.45, 7) is 8.87. The van der Waals surface area contributed by atoms with Gasteiger partial charge in [-0.25, -0.2) is 0 Å². The van der Waals surface area contributed by atoms with Gasteiger partial charge in [0.05, 0.1) is 17.8 Å². The van der Waals surface area contributed by atoms with E-state index in [2.05, 4.69) is 30.9 Å². The molecule has 2 saturated heterocycles. The van der Waals surface area contributed by atoms with Gasteiger partial charge in [0.15, 0.2) is 0 Å². The van der Waals surface area contributed by atoms with Gasteiger partial charge in [0.1, 0.15) is 0 Å². The molecule has 0 aliphatic carbocycles. The summed E-state index contributed by atoms with van der Waals surface area (Å²) in [6, 6.07) is 0. The molecule has 2 aliphatic heterocycles. The Labute approximate surface area is 143 Å². The van der Waals surface area contributed by atoms with Gasteiger partial charge in [-0.15, -0.1) is 0 Å². The number of amides is 2. The third-order valence-corrected chi connectivity index (χ3v) is 4.77. The van der Waals surface area contributed by atoms with Crippen molar-refractivity contribution < 1.29 is 9.59 Å². The van der Waals surface area contributed by atoms with E-state index in [-0.39, 0.29) is 17.7 Å². The SMILES string of the molecule is CC(C)Cn1cc(N2CC(C(=O)N3CCN(C)CC3)CC2=O)cn1. The number of hydrogen-bond acceptors (Lipinski definition) is 4. The first kappa shape index (κ1) is 17.0. The minimum atomic E-state index is -0.227. The number of aromatic nitrogens is 2. The van der Waals surface area contributed by atoms with Gasteiger partial charge in [-0.2, -0.15) is 5.10 Å². The number of carbonyl (C=O) groups is 2. The molecule has 7 nitrogen and oxygen atoms in total. The zero-order valence-corrected chi connectivity index (χ0v) is 14.8. The highest BCUT2D eigenvalue weighted by Crippen LogP contribution is 2.26. The maximum atomic E-state index is 12.7. The molecule has 2 amide bonds. The Morgan fingerprint density at radius 2 is 2.00 bits per heavy atom. The lowest BCUT2D eigenvalue weighted by Crippen LogP contribution is -2.49. The summed E-state index contributed by atoms with van der Waals surface area (Å²) in [7, 11) is 2.07. The van der Waals surface area contributed by atoms with Crippen molar-refractivity contribution >= 4 is 17.5 Å². The first-order chi connectivity index (χ1) is 11.4. The highest BCUT2D eigenvalue weighted by atomic mass is 16.2. The number of anilines is 1. The number of carbonyl (C=O) groups excluding carboxylic acids is 2. The van der Waals surface area contributed by atoms with Gasteiger partial charge in [-0.1, -0.05) is 13.8 Å². The smallest absolute Gasteiger partial charge is 0.228 e. The minimum absolute atomic E-state index is 0.0200. The van der Waals surface area contributed by atoms with Gasteiger partial charge in [0, 0.05) is 51.9 Å². The molecule has 1 aromatic heterocycles. The predicted molar refractivity (Wildman–Crippen MR) is 91.6 cm³/mol. The zero-order chi connectivity index (χ0) is 17.3. The van der Waals surface area contributed by atoms with Crippen LogP contribution < -0.4 is 4.90 Å². The number of piperazine rings is 1. The summed E-state index contributed by atoms with van der Waals surface area (Å²) in [6.07, 6.45) is 3.93. The highest BCUT2D eigenvalue weighted by molar-refractivity contribution is 6.00. The number of rotatable bonds is 4. The van der Waals surface area contributed by atoms with Crippen molar-refractivity contribution in [2.75, 3.05) is 44.7 Å². The fraction of sp³-hybridized carbons (Fsp3) is 0.706. The Balaban J connectivity index is 1.63. The quantitative estimate of drug-likeness (QED) is 0.812. The molecule has 0 saturated carbocycles. The van der Waals surface area contributed by atoms with Crippen molar-refractivity contribution in [1.82, 2.24) is 19.6 Å². The van der Waals surface area contributed by atoms with Crippen LogP contribution in [0.1, 0.15) is 20.3 Å². The Kier molecular flexibility index (Phi) is 4.89. The molecule has 0 aromatic carbocycles. The molecule has 0 spiro atoms. The summed E-state index contributed by atoms with van der Waals surface area (Å²) in [5, 5.41) is 4.33. The van der Waals surface area contributed by atoms with E-state index in [9.17, 15) is 9.59 Å². The Bertz CT molecular complexity index is 604. The topological polar surface area (TPSA) is 61.7 Å². The predicted octanol–water partition coefficient (Wildman–Crippen LogP) is 0.666. The van der Waals surface area contributed by atoms with Crippen LogP contribution in [-0.2, 0) is 16.1 Å². The third-order valence-electron chi connectivity index (χ3n) is 4.77. The number of nitrogens with zero attached hydrogens (tertiary/aromatic N) is 5. The first-order valence-electron chi connectivity index (χ1n) is 8.74. The molecule has 3 rings (SSSR count). The second-order valence-corrected chi connectivity index (χ2v) is 7.35.